The second kappa shape index (κ2) is 9.70. The van der Waals surface area contributed by atoms with Gasteiger partial charge in [0.2, 0.25) is 0 Å². The number of amides is 2. The van der Waals surface area contributed by atoms with E-state index in [1.807, 2.05) is 43.3 Å². The summed E-state index contributed by atoms with van der Waals surface area (Å²) in [4.78, 5) is 39.3. The van der Waals surface area contributed by atoms with E-state index in [1.54, 1.807) is 42.5 Å². The third-order valence-electron chi connectivity index (χ3n) is 4.80. The fraction of sp³-hybridized carbons (Fsp3) is 0.0800. The molecule has 1 aliphatic heterocycles. The summed E-state index contributed by atoms with van der Waals surface area (Å²) in [5.41, 5.74) is 3.16. The first-order valence-corrected chi connectivity index (χ1v) is 11.7. The Balaban J connectivity index is 1.49. The van der Waals surface area contributed by atoms with Crippen molar-refractivity contribution in [1.82, 2.24) is 4.90 Å². The van der Waals surface area contributed by atoms with Crippen LogP contribution in [0.1, 0.15) is 27.0 Å². The molecular formula is C25H18INO4S. The van der Waals surface area contributed by atoms with Crippen molar-refractivity contribution in [3.05, 3.63) is 104 Å². The first-order chi connectivity index (χ1) is 15.4. The highest BCUT2D eigenvalue weighted by molar-refractivity contribution is 14.1. The van der Waals surface area contributed by atoms with Crippen LogP contribution in [0.25, 0.3) is 6.08 Å². The molecule has 0 atom stereocenters. The Morgan fingerprint density at radius 2 is 1.78 bits per heavy atom. The Hall–Kier alpha value is -2.91. The molecule has 160 valence electrons. The van der Waals surface area contributed by atoms with Crippen LogP contribution in [0.5, 0.6) is 5.75 Å². The molecule has 1 heterocycles. The van der Waals surface area contributed by atoms with E-state index in [0.29, 0.717) is 21.8 Å². The summed E-state index contributed by atoms with van der Waals surface area (Å²) in [6.45, 7) is 2.22. The number of hydrogen-bond donors (Lipinski definition) is 0. The maximum atomic E-state index is 12.8. The molecule has 3 aromatic rings. The summed E-state index contributed by atoms with van der Waals surface area (Å²) in [6.07, 6.45) is 1.64. The molecule has 3 aromatic carbocycles. The number of thioether (sulfide) groups is 1. The van der Waals surface area contributed by atoms with Gasteiger partial charge in [-0.1, -0.05) is 54.1 Å². The summed E-state index contributed by atoms with van der Waals surface area (Å²) in [5, 5.41) is -0.303. The largest absolute Gasteiger partial charge is 0.423 e. The lowest BCUT2D eigenvalue weighted by atomic mass is 10.1. The summed E-state index contributed by atoms with van der Waals surface area (Å²) in [5.74, 6) is -0.422. The number of halogens is 1. The number of hydrogen-bond acceptors (Lipinski definition) is 5. The van der Waals surface area contributed by atoms with Crippen molar-refractivity contribution < 1.29 is 19.1 Å². The van der Waals surface area contributed by atoms with Crippen LogP contribution in [0.15, 0.2) is 77.7 Å². The highest BCUT2D eigenvalue weighted by atomic mass is 127. The van der Waals surface area contributed by atoms with Gasteiger partial charge >= 0.3 is 5.97 Å². The number of ether oxygens (including phenoxy) is 1. The number of nitrogens with zero attached hydrogens (tertiary/aromatic N) is 1. The second-order valence-electron chi connectivity index (χ2n) is 7.20. The van der Waals surface area contributed by atoms with Crippen LogP contribution in [-0.2, 0) is 11.3 Å². The molecule has 5 nitrogen and oxygen atoms in total. The van der Waals surface area contributed by atoms with Gasteiger partial charge in [-0.25, -0.2) is 4.79 Å². The van der Waals surface area contributed by atoms with Gasteiger partial charge in [-0.05, 0) is 82.7 Å². The van der Waals surface area contributed by atoms with Crippen LogP contribution < -0.4 is 4.74 Å². The van der Waals surface area contributed by atoms with Crippen molar-refractivity contribution >= 4 is 57.5 Å². The van der Waals surface area contributed by atoms with Gasteiger partial charge in [0.25, 0.3) is 11.1 Å². The quantitative estimate of drug-likeness (QED) is 0.166. The maximum Gasteiger partial charge on any atom is 0.344 e. The zero-order valence-corrected chi connectivity index (χ0v) is 20.1. The fourth-order valence-corrected chi connectivity index (χ4v) is 4.57. The zero-order chi connectivity index (χ0) is 22.7. The molecule has 7 heteroatoms. The highest BCUT2D eigenvalue weighted by Crippen LogP contribution is 2.33. The molecule has 0 saturated carbocycles. The smallest absolute Gasteiger partial charge is 0.344 e. The van der Waals surface area contributed by atoms with Crippen LogP contribution in [0.3, 0.4) is 0 Å². The average molecular weight is 555 g/mol. The number of carbonyl (C=O) groups is 3. The number of esters is 1. The fourth-order valence-electron chi connectivity index (χ4n) is 3.12. The number of imide groups is 1. The van der Waals surface area contributed by atoms with Crippen molar-refractivity contribution in [2.45, 2.75) is 13.5 Å². The van der Waals surface area contributed by atoms with Crippen molar-refractivity contribution in [3.8, 4) is 5.75 Å². The molecule has 0 bridgehead atoms. The predicted molar refractivity (Wildman–Crippen MR) is 133 cm³/mol. The SMILES string of the molecule is Cc1ccc(CN2C(=O)S/C(=C\c3cccc(OC(=O)c4ccccc4I)c3)C2=O)cc1. The van der Waals surface area contributed by atoms with E-state index in [1.165, 1.54) is 4.90 Å². The summed E-state index contributed by atoms with van der Waals surface area (Å²) in [7, 11) is 0. The van der Waals surface area contributed by atoms with Gasteiger partial charge in [0, 0.05) is 3.57 Å². The minimum Gasteiger partial charge on any atom is -0.423 e. The van der Waals surface area contributed by atoms with Crippen molar-refractivity contribution in [3.63, 3.8) is 0 Å². The third-order valence-corrected chi connectivity index (χ3v) is 6.64. The molecule has 0 aliphatic carbocycles. The Morgan fingerprint density at radius 3 is 2.53 bits per heavy atom. The third kappa shape index (κ3) is 5.11. The number of aryl methyl sites for hydroxylation is 1. The topological polar surface area (TPSA) is 63.7 Å². The van der Waals surface area contributed by atoms with E-state index in [9.17, 15) is 14.4 Å². The van der Waals surface area contributed by atoms with Gasteiger partial charge in [-0.2, -0.15) is 0 Å². The molecule has 2 amide bonds. The summed E-state index contributed by atoms with van der Waals surface area (Å²) in [6, 6.07) is 21.8. The zero-order valence-electron chi connectivity index (χ0n) is 17.1. The Morgan fingerprint density at radius 1 is 1.03 bits per heavy atom. The minimum absolute atomic E-state index is 0.232. The number of carbonyl (C=O) groups excluding carboxylic acids is 3. The van der Waals surface area contributed by atoms with Crippen LogP contribution >= 0.6 is 34.4 Å². The van der Waals surface area contributed by atoms with Crippen LogP contribution in [0, 0.1) is 10.5 Å². The lowest BCUT2D eigenvalue weighted by molar-refractivity contribution is -0.123. The highest BCUT2D eigenvalue weighted by Gasteiger charge is 2.35. The van der Waals surface area contributed by atoms with E-state index in [-0.39, 0.29) is 17.7 Å². The average Bonchev–Trinajstić information content (AvgIpc) is 3.03. The van der Waals surface area contributed by atoms with Crippen LogP contribution in [0.4, 0.5) is 4.79 Å². The Kier molecular flexibility index (Phi) is 6.76. The molecule has 0 aromatic heterocycles. The molecule has 1 aliphatic rings. The molecule has 4 rings (SSSR count). The maximum absolute atomic E-state index is 12.8. The standard InChI is InChI=1S/C25H18INO4S/c1-16-9-11-17(12-10-16)15-27-23(28)22(32-25(27)30)14-18-5-4-6-19(13-18)31-24(29)20-7-2-3-8-21(20)26/h2-14H,15H2,1H3/b22-14-. The molecule has 1 fully saturated rings. The van der Waals surface area contributed by atoms with Gasteiger partial charge in [-0.15, -0.1) is 0 Å². The molecule has 0 radical (unpaired) electrons. The van der Waals surface area contributed by atoms with Gasteiger partial charge in [0.05, 0.1) is 17.0 Å². The first-order valence-electron chi connectivity index (χ1n) is 9.78. The Bertz CT molecular complexity index is 1240. The van der Waals surface area contributed by atoms with Gasteiger partial charge < -0.3 is 4.74 Å². The van der Waals surface area contributed by atoms with Gasteiger partial charge in [0.1, 0.15) is 5.75 Å². The number of rotatable bonds is 5. The monoisotopic (exact) mass is 555 g/mol. The van der Waals surface area contributed by atoms with E-state index >= 15 is 0 Å². The molecule has 0 spiro atoms. The van der Waals surface area contributed by atoms with Crippen molar-refractivity contribution in [1.29, 1.82) is 0 Å². The molecular weight excluding hydrogens is 537 g/mol. The van der Waals surface area contributed by atoms with Crippen LogP contribution in [-0.4, -0.2) is 22.0 Å². The summed E-state index contributed by atoms with van der Waals surface area (Å²) < 4.78 is 6.30. The van der Waals surface area contributed by atoms with E-state index < -0.39 is 5.97 Å². The molecule has 0 N–H and O–H groups in total. The lowest BCUT2D eigenvalue weighted by Gasteiger charge is -2.12. The molecule has 0 unspecified atom stereocenters. The van der Waals surface area contributed by atoms with Gasteiger partial charge in [0.15, 0.2) is 0 Å². The minimum atomic E-state index is -0.453. The van der Waals surface area contributed by atoms with E-state index in [4.69, 9.17) is 4.74 Å². The van der Waals surface area contributed by atoms with E-state index in [2.05, 4.69) is 22.6 Å². The van der Waals surface area contributed by atoms with Crippen molar-refractivity contribution in [2.24, 2.45) is 0 Å². The van der Waals surface area contributed by atoms with E-state index in [0.717, 1.165) is 26.5 Å². The Labute approximate surface area is 203 Å². The predicted octanol–water partition coefficient (Wildman–Crippen LogP) is 6.06. The summed E-state index contributed by atoms with van der Waals surface area (Å²) >= 11 is 2.99. The number of benzene rings is 3. The first kappa shape index (κ1) is 22.3. The molecule has 32 heavy (non-hydrogen) atoms. The van der Waals surface area contributed by atoms with Gasteiger partial charge in [-0.3, -0.25) is 14.5 Å². The van der Waals surface area contributed by atoms with Crippen molar-refractivity contribution in [2.75, 3.05) is 0 Å². The normalized spacial score (nSPS) is 14.8. The van der Waals surface area contributed by atoms with Crippen LogP contribution in [0.2, 0.25) is 0 Å². The second-order valence-corrected chi connectivity index (χ2v) is 9.35. The molecule has 1 saturated heterocycles. The lowest BCUT2D eigenvalue weighted by Crippen LogP contribution is -2.27.